The highest BCUT2D eigenvalue weighted by Gasteiger charge is 2.33. The van der Waals surface area contributed by atoms with Crippen molar-refractivity contribution in [3.05, 3.63) is 145 Å². The Morgan fingerprint density at radius 3 is 1.29 bits per heavy atom. The van der Waals surface area contributed by atoms with Crippen LogP contribution < -0.4 is 28.4 Å². The fourth-order valence-electron chi connectivity index (χ4n) is 5.62. The van der Waals surface area contributed by atoms with Gasteiger partial charge in [-0.25, -0.2) is 9.13 Å². The van der Waals surface area contributed by atoms with Gasteiger partial charge in [-0.1, -0.05) is 36.4 Å². The third kappa shape index (κ3) is 8.89. The van der Waals surface area contributed by atoms with E-state index >= 15 is 0 Å². The molecule has 6 nitrogen and oxygen atoms in total. The molecule has 0 N–H and O–H groups in total. The van der Waals surface area contributed by atoms with E-state index in [4.69, 9.17) is 0 Å². The van der Waals surface area contributed by atoms with E-state index in [1.807, 2.05) is 73.4 Å². The number of benzene rings is 2. The number of alkyl halides is 6. The predicted octanol–water partition coefficient (Wildman–Crippen LogP) is 7.98. The Labute approximate surface area is 279 Å². The molecule has 252 valence electrons. The highest BCUT2D eigenvalue weighted by molar-refractivity contribution is 5.78. The molecule has 49 heavy (non-hydrogen) atoms. The van der Waals surface area contributed by atoms with E-state index in [0.717, 1.165) is 41.8 Å². The molecule has 0 radical (unpaired) electrons. The van der Waals surface area contributed by atoms with Crippen LogP contribution in [0.25, 0.3) is 11.1 Å². The molecule has 0 atom stereocenters. The van der Waals surface area contributed by atoms with Crippen molar-refractivity contribution >= 4 is 22.5 Å². The van der Waals surface area contributed by atoms with Gasteiger partial charge in [0.2, 0.25) is 0 Å². The lowest BCUT2D eigenvalue weighted by atomic mass is 10.0. The molecular weight excluding hydrogens is 646 g/mol. The summed E-state index contributed by atoms with van der Waals surface area (Å²) in [6.07, 6.45) is 10.6. The van der Waals surface area contributed by atoms with Crippen LogP contribution in [0.5, 0.6) is 11.5 Å². The third-order valence-electron chi connectivity index (χ3n) is 7.97. The van der Waals surface area contributed by atoms with Gasteiger partial charge in [0.1, 0.15) is 0 Å². The summed E-state index contributed by atoms with van der Waals surface area (Å²) >= 11 is 0. The van der Waals surface area contributed by atoms with Crippen LogP contribution in [-0.2, 0) is 13.1 Å². The van der Waals surface area contributed by atoms with Gasteiger partial charge in [0.05, 0.1) is 17.8 Å². The maximum Gasteiger partial charge on any atom is 0.573 e. The number of aryl methyl sites for hydroxylation is 2. The molecule has 0 fully saturated rings. The summed E-state index contributed by atoms with van der Waals surface area (Å²) in [5.74, 6) is -0.494. The maximum absolute atomic E-state index is 12.8. The van der Waals surface area contributed by atoms with Crippen molar-refractivity contribution in [3.63, 3.8) is 0 Å². The van der Waals surface area contributed by atoms with Crippen molar-refractivity contribution in [1.29, 1.82) is 0 Å². The van der Waals surface area contributed by atoms with Crippen LogP contribution in [0.1, 0.15) is 17.5 Å². The fraction of sp³-hybridized carbons (Fsp3) is 0.189. The largest absolute Gasteiger partial charge is 0.573 e. The Balaban J connectivity index is 0.982. The zero-order valence-electron chi connectivity index (χ0n) is 26.1. The Hall–Kier alpha value is -5.52. The Morgan fingerprint density at radius 1 is 0.551 bits per heavy atom. The molecule has 0 saturated heterocycles. The van der Waals surface area contributed by atoms with Crippen LogP contribution in [0.3, 0.4) is 0 Å². The van der Waals surface area contributed by atoms with Crippen molar-refractivity contribution in [2.45, 2.75) is 32.2 Å². The molecule has 2 aromatic carbocycles. The summed E-state index contributed by atoms with van der Waals surface area (Å²) in [4.78, 5) is 3.41. The van der Waals surface area contributed by atoms with Crippen LogP contribution in [-0.4, -0.2) is 25.8 Å². The molecule has 2 aliphatic rings. The first-order valence-corrected chi connectivity index (χ1v) is 15.5. The lowest BCUT2D eigenvalue weighted by Crippen LogP contribution is -2.38. The monoisotopic (exact) mass is 678 g/mol. The molecule has 2 aliphatic heterocycles. The standard InChI is InChI=1S/C37H32F6N4O2/c38-36(39,40)48-34-8-3-1-6-32(34)46-24-14-30(15-25-46)28-10-20-44(21-11-28)18-5-19-45-22-12-29(13-23-45)31-16-26-47(27-17-31)33-7-2-4-9-35(33)49-37(41,42)43/h1-4,6-17,20-24,26H,5,18-19,25,27H2/q+2. The van der Waals surface area contributed by atoms with Crippen LogP contribution in [0.15, 0.2) is 134 Å². The van der Waals surface area contributed by atoms with E-state index in [-0.39, 0.29) is 11.5 Å². The SMILES string of the molecule is FC(F)(F)Oc1ccccc1N1C=CC(c2cc[n+](CCC[n+]3ccc(C4=CCN(c5ccccc5OC(F)(F)F)C=C4)cc3)cc2)=CC1. The van der Waals surface area contributed by atoms with E-state index in [1.54, 1.807) is 46.5 Å². The van der Waals surface area contributed by atoms with Crippen LogP contribution in [0, 0.1) is 0 Å². The molecular formula is C37H32F6N4O2+2. The Morgan fingerprint density at radius 2 is 0.939 bits per heavy atom. The molecule has 0 amide bonds. The van der Waals surface area contributed by atoms with Crippen LogP contribution >= 0.6 is 0 Å². The summed E-state index contributed by atoms with van der Waals surface area (Å²) in [7, 11) is 0. The molecule has 0 spiro atoms. The second-order valence-electron chi connectivity index (χ2n) is 11.3. The number of pyridine rings is 2. The van der Waals surface area contributed by atoms with Crippen molar-refractivity contribution in [2.24, 2.45) is 0 Å². The molecule has 4 heterocycles. The molecule has 6 rings (SSSR count). The normalized spacial score (nSPS) is 14.8. The average Bonchev–Trinajstić information content (AvgIpc) is 3.08. The fourth-order valence-corrected chi connectivity index (χ4v) is 5.62. The predicted molar refractivity (Wildman–Crippen MR) is 173 cm³/mol. The van der Waals surface area contributed by atoms with Gasteiger partial charge >= 0.3 is 12.7 Å². The first-order valence-electron chi connectivity index (χ1n) is 15.5. The molecule has 0 unspecified atom stereocenters. The Bertz CT molecular complexity index is 1740. The van der Waals surface area contributed by atoms with Gasteiger partial charge in [-0.05, 0) is 58.7 Å². The number of allylic oxidation sites excluding steroid dienone is 4. The zero-order valence-corrected chi connectivity index (χ0v) is 26.1. The van der Waals surface area contributed by atoms with Gasteiger partial charge in [0.25, 0.3) is 0 Å². The highest BCUT2D eigenvalue weighted by atomic mass is 19.4. The quantitative estimate of drug-likeness (QED) is 0.126. The first kappa shape index (κ1) is 33.4. The van der Waals surface area contributed by atoms with Crippen molar-refractivity contribution in [1.82, 2.24) is 0 Å². The summed E-state index contributed by atoms with van der Waals surface area (Å²) < 4.78 is 89.6. The van der Waals surface area contributed by atoms with E-state index in [0.29, 0.717) is 24.5 Å². The molecule has 0 aliphatic carbocycles. The number of hydrogen-bond acceptors (Lipinski definition) is 4. The van der Waals surface area contributed by atoms with Gasteiger partial charge in [-0.3, -0.25) is 0 Å². The number of anilines is 2. The molecule has 0 bridgehead atoms. The van der Waals surface area contributed by atoms with E-state index in [2.05, 4.69) is 18.6 Å². The maximum atomic E-state index is 12.8. The molecule has 12 heteroatoms. The minimum Gasteiger partial charge on any atom is -0.404 e. The number of halogens is 6. The highest BCUT2D eigenvalue weighted by Crippen LogP contribution is 2.36. The number of aromatic nitrogens is 2. The molecule has 4 aromatic rings. The number of nitrogens with zero attached hydrogens (tertiary/aromatic N) is 4. The van der Waals surface area contributed by atoms with Crippen LogP contribution in [0.2, 0.25) is 0 Å². The number of rotatable bonds is 10. The minimum absolute atomic E-state index is 0.247. The minimum atomic E-state index is -4.77. The molecule has 2 aromatic heterocycles. The average molecular weight is 679 g/mol. The third-order valence-corrected chi connectivity index (χ3v) is 7.97. The summed E-state index contributed by atoms with van der Waals surface area (Å²) in [5, 5.41) is 0. The van der Waals surface area contributed by atoms with E-state index in [1.165, 1.54) is 24.3 Å². The summed E-state index contributed by atoms with van der Waals surface area (Å²) in [6.45, 7) is 2.40. The lowest BCUT2D eigenvalue weighted by Gasteiger charge is -2.25. The second kappa shape index (κ2) is 14.3. The van der Waals surface area contributed by atoms with E-state index < -0.39 is 12.7 Å². The lowest BCUT2D eigenvalue weighted by molar-refractivity contribution is -0.726. The van der Waals surface area contributed by atoms with Crippen LogP contribution in [0.4, 0.5) is 37.7 Å². The topological polar surface area (TPSA) is 32.7 Å². The number of hydrogen-bond donors (Lipinski definition) is 0. The number of ether oxygens (including phenoxy) is 2. The van der Waals surface area contributed by atoms with Gasteiger partial charge in [-0.15, -0.1) is 26.3 Å². The van der Waals surface area contributed by atoms with Crippen molar-refractivity contribution in [2.75, 3.05) is 22.9 Å². The zero-order chi connectivity index (χ0) is 34.4. The second-order valence-corrected chi connectivity index (χ2v) is 11.3. The summed E-state index contributed by atoms with van der Waals surface area (Å²) in [6, 6.07) is 20.2. The van der Waals surface area contributed by atoms with Gasteiger partial charge in [0.15, 0.2) is 49.4 Å². The van der Waals surface area contributed by atoms with E-state index in [9.17, 15) is 26.3 Å². The van der Waals surface area contributed by atoms with Crippen molar-refractivity contribution < 1.29 is 45.0 Å². The van der Waals surface area contributed by atoms with Crippen molar-refractivity contribution in [3.8, 4) is 11.5 Å². The smallest absolute Gasteiger partial charge is 0.404 e. The number of para-hydroxylation sites is 4. The first-order chi connectivity index (χ1) is 23.5. The molecule has 0 saturated carbocycles. The van der Waals surface area contributed by atoms with Gasteiger partial charge in [0, 0.05) is 49.8 Å². The van der Waals surface area contributed by atoms with Gasteiger partial charge in [-0.2, -0.15) is 0 Å². The summed E-state index contributed by atoms with van der Waals surface area (Å²) in [5.41, 5.74) is 4.63. The van der Waals surface area contributed by atoms with Gasteiger partial charge < -0.3 is 19.3 Å². The Kier molecular flexibility index (Phi) is 9.75.